The van der Waals surface area contributed by atoms with Crippen molar-refractivity contribution in [2.75, 3.05) is 44.5 Å². The van der Waals surface area contributed by atoms with E-state index >= 15 is 0 Å². The van der Waals surface area contributed by atoms with Crippen LogP contribution in [0.4, 0.5) is 5.69 Å². The maximum atomic E-state index is 12.9. The molecule has 0 aliphatic carbocycles. The van der Waals surface area contributed by atoms with Crippen molar-refractivity contribution in [3.63, 3.8) is 0 Å². The van der Waals surface area contributed by atoms with E-state index in [-0.39, 0.29) is 50.6 Å². The van der Waals surface area contributed by atoms with Crippen molar-refractivity contribution in [2.45, 2.75) is 19.4 Å². The molecule has 11 nitrogen and oxygen atoms in total. The first-order chi connectivity index (χ1) is 17.3. The lowest BCUT2D eigenvalue weighted by Crippen LogP contribution is -2.53. The van der Waals surface area contributed by atoms with Crippen LogP contribution in [0.3, 0.4) is 0 Å². The van der Waals surface area contributed by atoms with Gasteiger partial charge in [-0.25, -0.2) is 0 Å². The lowest BCUT2D eigenvalue weighted by molar-refractivity contribution is -0.144. The van der Waals surface area contributed by atoms with E-state index in [9.17, 15) is 14.4 Å². The van der Waals surface area contributed by atoms with E-state index < -0.39 is 12.0 Å². The van der Waals surface area contributed by atoms with Gasteiger partial charge in [-0.1, -0.05) is 6.07 Å². The normalized spacial score (nSPS) is 15.4. The molecule has 0 bridgehead atoms. The van der Waals surface area contributed by atoms with Gasteiger partial charge in [-0.2, -0.15) is 0 Å². The third-order valence-electron chi connectivity index (χ3n) is 6.01. The first-order valence-electron chi connectivity index (χ1n) is 11.7. The molecule has 2 heterocycles. The van der Waals surface area contributed by atoms with Crippen LogP contribution in [-0.4, -0.2) is 68.1 Å². The van der Waals surface area contributed by atoms with E-state index in [0.29, 0.717) is 35.7 Å². The number of nitrogens with two attached hydrogens (primary N) is 1. The van der Waals surface area contributed by atoms with Crippen LogP contribution in [0.2, 0.25) is 0 Å². The number of hydrogen-bond acceptors (Lipinski definition) is 8. The maximum Gasteiger partial charge on any atom is 0.308 e. The fourth-order valence-electron chi connectivity index (χ4n) is 4.13. The second-order valence-electron chi connectivity index (χ2n) is 8.44. The quantitative estimate of drug-likeness (QED) is 0.267. The molecule has 2 aromatic rings. The lowest BCUT2D eigenvalue weighted by Gasteiger charge is -2.35. The number of nitrogens with one attached hydrogen (secondary N) is 2. The van der Waals surface area contributed by atoms with Crippen LogP contribution in [-0.2, 0) is 19.1 Å². The molecule has 1 fully saturated rings. The summed E-state index contributed by atoms with van der Waals surface area (Å²) >= 11 is 0. The molecule has 11 heteroatoms. The number of amidine groups is 1. The zero-order chi connectivity index (χ0) is 25.7. The van der Waals surface area contributed by atoms with Crippen molar-refractivity contribution in [3.05, 3.63) is 53.6 Å². The predicted molar refractivity (Wildman–Crippen MR) is 131 cm³/mol. The Hall–Kier alpha value is -4.28. The zero-order valence-corrected chi connectivity index (χ0v) is 20.0. The highest BCUT2D eigenvalue weighted by Crippen LogP contribution is 2.35. The Morgan fingerprint density at radius 2 is 1.89 bits per heavy atom. The van der Waals surface area contributed by atoms with E-state index in [1.807, 2.05) is 17.0 Å². The van der Waals surface area contributed by atoms with Crippen LogP contribution in [0.15, 0.2) is 42.5 Å². The molecule has 1 atom stereocenters. The summed E-state index contributed by atoms with van der Waals surface area (Å²) < 4.78 is 15.8. The number of fused-ring (bicyclic) bond motifs is 1. The summed E-state index contributed by atoms with van der Waals surface area (Å²) in [7, 11) is 0. The number of benzene rings is 2. The van der Waals surface area contributed by atoms with Gasteiger partial charge in [0.15, 0.2) is 11.5 Å². The molecule has 1 unspecified atom stereocenters. The fraction of sp³-hybridized carbons (Fsp3) is 0.360. The number of ether oxygens (including phenoxy) is 3. The summed E-state index contributed by atoms with van der Waals surface area (Å²) in [6.45, 7) is 2.98. The Labute approximate surface area is 208 Å². The van der Waals surface area contributed by atoms with E-state index in [1.165, 1.54) is 4.90 Å². The van der Waals surface area contributed by atoms with Crippen LogP contribution in [0.1, 0.15) is 30.5 Å². The molecular formula is C25H29N5O6. The zero-order valence-electron chi connectivity index (χ0n) is 20.0. The van der Waals surface area contributed by atoms with Crippen molar-refractivity contribution in [2.24, 2.45) is 5.73 Å². The average molecular weight is 496 g/mol. The van der Waals surface area contributed by atoms with Crippen molar-refractivity contribution in [1.29, 1.82) is 5.41 Å². The largest absolute Gasteiger partial charge is 0.466 e. The van der Waals surface area contributed by atoms with Gasteiger partial charge >= 0.3 is 5.97 Å². The van der Waals surface area contributed by atoms with Gasteiger partial charge in [0.2, 0.25) is 18.6 Å². The number of esters is 1. The predicted octanol–water partition coefficient (Wildman–Crippen LogP) is 1.16. The van der Waals surface area contributed by atoms with Crippen molar-refractivity contribution < 1.29 is 28.6 Å². The van der Waals surface area contributed by atoms with Gasteiger partial charge in [0.1, 0.15) is 5.84 Å². The highest BCUT2D eigenvalue weighted by Gasteiger charge is 2.28. The van der Waals surface area contributed by atoms with Gasteiger partial charge in [-0.15, -0.1) is 0 Å². The van der Waals surface area contributed by atoms with Crippen LogP contribution in [0.5, 0.6) is 11.5 Å². The van der Waals surface area contributed by atoms with E-state index in [2.05, 4.69) is 5.32 Å². The number of nitrogens with zero attached hydrogens (tertiary/aromatic N) is 2. The summed E-state index contributed by atoms with van der Waals surface area (Å²) in [5.74, 6) is 0.112. The monoisotopic (exact) mass is 495 g/mol. The van der Waals surface area contributed by atoms with Crippen molar-refractivity contribution >= 4 is 29.3 Å². The van der Waals surface area contributed by atoms with E-state index in [1.54, 1.807) is 37.3 Å². The minimum absolute atomic E-state index is 0.0181. The smallest absolute Gasteiger partial charge is 0.308 e. The standard InChI is InChI=1S/C25H29N5O6/c1-2-34-24(33)12-19(17-5-8-20-21(11-17)36-15-35-20)28-22(31)13-30-10-9-29(14-23(30)32)18-6-3-16(4-7-18)25(26)27/h3-8,11,19H,2,9-10,12-15H2,1H3,(H3,26,27)(H,28,31). The molecule has 36 heavy (non-hydrogen) atoms. The number of rotatable bonds is 9. The summed E-state index contributed by atoms with van der Waals surface area (Å²) in [4.78, 5) is 41.3. The van der Waals surface area contributed by atoms with Gasteiger partial charge in [0, 0.05) is 24.3 Å². The molecule has 2 amide bonds. The van der Waals surface area contributed by atoms with Gasteiger partial charge in [0.05, 0.1) is 32.2 Å². The molecule has 2 aromatic carbocycles. The lowest BCUT2D eigenvalue weighted by atomic mass is 10.0. The number of piperazine rings is 1. The fourth-order valence-corrected chi connectivity index (χ4v) is 4.13. The molecule has 0 saturated carbocycles. The van der Waals surface area contributed by atoms with Crippen molar-refractivity contribution in [1.82, 2.24) is 10.2 Å². The Morgan fingerprint density at radius 1 is 1.14 bits per heavy atom. The Bertz CT molecular complexity index is 1150. The molecule has 190 valence electrons. The molecule has 0 aromatic heterocycles. The molecule has 4 N–H and O–H groups in total. The van der Waals surface area contributed by atoms with Gasteiger partial charge < -0.3 is 35.1 Å². The number of carbonyl (C=O) groups excluding carboxylic acids is 3. The third kappa shape index (κ3) is 5.85. The SMILES string of the molecule is CCOC(=O)CC(NC(=O)CN1CCN(c2ccc(C(=N)N)cc2)CC1=O)c1ccc2c(c1)OCO2. The number of anilines is 1. The topological polar surface area (TPSA) is 147 Å². The Kier molecular flexibility index (Phi) is 7.57. The Balaban J connectivity index is 1.38. The molecule has 1 saturated heterocycles. The first-order valence-corrected chi connectivity index (χ1v) is 11.7. The number of nitrogen functional groups attached to an aromatic ring is 1. The van der Waals surface area contributed by atoms with Gasteiger partial charge in [0.25, 0.3) is 0 Å². The minimum Gasteiger partial charge on any atom is -0.466 e. The van der Waals surface area contributed by atoms with Gasteiger partial charge in [-0.05, 0) is 48.9 Å². The van der Waals surface area contributed by atoms with Crippen LogP contribution in [0, 0.1) is 5.41 Å². The number of hydrogen-bond donors (Lipinski definition) is 3. The second kappa shape index (κ2) is 11.0. The molecule has 0 radical (unpaired) electrons. The molecule has 0 spiro atoms. The van der Waals surface area contributed by atoms with Crippen molar-refractivity contribution in [3.8, 4) is 11.5 Å². The summed E-state index contributed by atoms with van der Waals surface area (Å²) in [5, 5.41) is 10.4. The molecule has 2 aliphatic heterocycles. The second-order valence-corrected chi connectivity index (χ2v) is 8.44. The van der Waals surface area contributed by atoms with E-state index in [0.717, 1.165) is 5.69 Å². The molecular weight excluding hydrogens is 466 g/mol. The highest BCUT2D eigenvalue weighted by atomic mass is 16.7. The molecule has 2 aliphatic rings. The third-order valence-corrected chi connectivity index (χ3v) is 6.01. The summed E-state index contributed by atoms with van der Waals surface area (Å²) in [5.41, 5.74) is 7.63. The minimum atomic E-state index is -0.651. The van der Waals surface area contributed by atoms with Crippen LogP contribution < -0.4 is 25.4 Å². The van der Waals surface area contributed by atoms with Crippen LogP contribution >= 0.6 is 0 Å². The first kappa shape index (κ1) is 24.8. The van der Waals surface area contributed by atoms with E-state index in [4.69, 9.17) is 25.4 Å². The van der Waals surface area contributed by atoms with Crippen LogP contribution in [0.25, 0.3) is 0 Å². The summed E-state index contributed by atoms with van der Waals surface area (Å²) in [6, 6.07) is 11.7. The number of carbonyl (C=O) groups is 3. The summed E-state index contributed by atoms with van der Waals surface area (Å²) in [6.07, 6.45) is -0.0583. The van der Waals surface area contributed by atoms with Gasteiger partial charge in [-0.3, -0.25) is 19.8 Å². The highest BCUT2D eigenvalue weighted by molar-refractivity contribution is 5.95. The molecule has 4 rings (SSSR count). The average Bonchev–Trinajstić information content (AvgIpc) is 3.33. The maximum absolute atomic E-state index is 12.9. The number of amides is 2. The Morgan fingerprint density at radius 3 is 2.58 bits per heavy atom.